The van der Waals surface area contributed by atoms with E-state index in [-0.39, 0.29) is 11.9 Å². The second-order valence-electron chi connectivity index (χ2n) is 2.90. The van der Waals surface area contributed by atoms with E-state index >= 15 is 0 Å². The van der Waals surface area contributed by atoms with Crippen molar-refractivity contribution in [2.24, 2.45) is 11.7 Å². The zero-order chi connectivity index (χ0) is 8.43. The first kappa shape index (κ1) is 8.68. The smallest absolute Gasteiger partial charge is 0.138 e. The van der Waals surface area contributed by atoms with Crippen LogP contribution in [0.15, 0.2) is 11.4 Å². The molecule has 1 nitrogen and oxygen atoms in total. The van der Waals surface area contributed by atoms with E-state index in [0.717, 1.165) is 0 Å². The molecule has 0 bridgehead atoms. The lowest BCUT2D eigenvalue weighted by molar-refractivity contribution is 0.495. The van der Waals surface area contributed by atoms with Crippen molar-refractivity contribution in [3.63, 3.8) is 0 Å². The molecule has 3 heteroatoms. The summed E-state index contributed by atoms with van der Waals surface area (Å²) in [7, 11) is 0. The van der Waals surface area contributed by atoms with E-state index in [1.54, 1.807) is 5.38 Å². The van der Waals surface area contributed by atoms with Crippen LogP contribution in [0.5, 0.6) is 0 Å². The van der Waals surface area contributed by atoms with E-state index in [9.17, 15) is 4.39 Å². The average Bonchev–Trinajstić information content (AvgIpc) is 2.33. The highest BCUT2D eigenvalue weighted by Gasteiger charge is 2.15. The summed E-state index contributed by atoms with van der Waals surface area (Å²) < 4.78 is 12.9. The molecule has 0 amide bonds. The van der Waals surface area contributed by atoms with Crippen LogP contribution in [0.1, 0.15) is 24.8 Å². The molecule has 0 aliphatic rings. The summed E-state index contributed by atoms with van der Waals surface area (Å²) in [6.45, 7) is 3.98. The molecular formula is C8H12FNS. The minimum absolute atomic E-state index is 0.157. The van der Waals surface area contributed by atoms with Crippen molar-refractivity contribution in [1.29, 1.82) is 0 Å². The number of hydrogen-bond acceptors (Lipinski definition) is 2. The third-order valence-corrected chi connectivity index (χ3v) is 2.66. The van der Waals surface area contributed by atoms with Gasteiger partial charge in [-0.1, -0.05) is 13.8 Å². The molecule has 0 radical (unpaired) electrons. The molecule has 0 aromatic carbocycles. The Morgan fingerprint density at radius 3 is 2.55 bits per heavy atom. The number of halogens is 1. The minimum Gasteiger partial charge on any atom is -0.323 e. The molecule has 1 aromatic heterocycles. The molecule has 0 aliphatic carbocycles. The maximum absolute atomic E-state index is 12.9. The van der Waals surface area contributed by atoms with Gasteiger partial charge in [0, 0.05) is 6.04 Å². The largest absolute Gasteiger partial charge is 0.323 e. The molecule has 1 aromatic rings. The van der Waals surface area contributed by atoms with Crippen LogP contribution in [0.2, 0.25) is 0 Å². The highest BCUT2D eigenvalue weighted by Crippen LogP contribution is 2.26. The van der Waals surface area contributed by atoms with Crippen LogP contribution in [-0.4, -0.2) is 0 Å². The fourth-order valence-electron chi connectivity index (χ4n) is 0.846. The van der Waals surface area contributed by atoms with Gasteiger partial charge < -0.3 is 5.73 Å². The quantitative estimate of drug-likeness (QED) is 0.730. The summed E-state index contributed by atoms with van der Waals surface area (Å²) in [6.07, 6.45) is 0. The lowest BCUT2D eigenvalue weighted by Crippen LogP contribution is -2.16. The summed E-state index contributed by atoms with van der Waals surface area (Å²) in [5, 5.41) is 1.73. The van der Waals surface area contributed by atoms with Crippen LogP contribution in [0.4, 0.5) is 4.39 Å². The molecular weight excluding hydrogens is 161 g/mol. The number of hydrogen-bond donors (Lipinski definition) is 1. The Balaban J connectivity index is 2.84. The standard InChI is InChI=1S/C8H12FNS/c1-5(2)7(10)8-6(9)3-4-11-8/h3-5,7H,10H2,1-2H3/t7-/m1/s1. The van der Waals surface area contributed by atoms with Crippen molar-refractivity contribution in [1.82, 2.24) is 0 Å². The van der Waals surface area contributed by atoms with Crippen LogP contribution in [0.3, 0.4) is 0 Å². The Kier molecular flexibility index (Phi) is 2.62. The number of rotatable bonds is 2. The lowest BCUT2D eigenvalue weighted by Gasteiger charge is -2.13. The number of thiophene rings is 1. The third kappa shape index (κ3) is 1.79. The fraction of sp³-hybridized carbons (Fsp3) is 0.500. The predicted octanol–water partition coefficient (Wildman–Crippen LogP) is 2.54. The van der Waals surface area contributed by atoms with Gasteiger partial charge in [0.1, 0.15) is 5.82 Å². The second kappa shape index (κ2) is 3.32. The molecule has 1 rings (SSSR count). The second-order valence-corrected chi connectivity index (χ2v) is 3.85. The molecule has 62 valence electrons. The van der Waals surface area contributed by atoms with Crippen LogP contribution in [0.25, 0.3) is 0 Å². The molecule has 0 fully saturated rings. The summed E-state index contributed by atoms with van der Waals surface area (Å²) in [5.41, 5.74) is 5.75. The summed E-state index contributed by atoms with van der Waals surface area (Å²) in [6, 6.07) is 1.30. The Hall–Kier alpha value is -0.410. The van der Waals surface area contributed by atoms with Crippen molar-refractivity contribution in [2.45, 2.75) is 19.9 Å². The average molecular weight is 173 g/mol. The highest BCUT2D eigenvalue weighted by atomic mass is 32.1. The molecule has 0 saturated carbocycles. The van der Waals surface area contributed by atoms with Crippen molar-refractivity contribution < 1.29 is 4.39 Å². The van der Waals surface area contributed by atoms with Crippen LogP contribution in [-0.2, 0) is 0 Å². The molecule has 2 N–H and O–H groups in total. The van der Waals surface area contributed by atoms with Crippen molar-refractivity contribution in [2.75, 3.05) is 0 Å². The Labute approximate surface area is 70.0 Å². The maximum Gasteiger partial charge on any atom is 0.138 e. The van der Waals surface area contributed by atoms with Gasteiger partial charge >= 0.3 is 0 Å². The van der Waals surface area contributed by atoms with Crippen molar-refractivity contribution in [3.8, 4) is 0 Å². The minimum atomic E-state index is -0.170. The third-order valence-electron chi connectivity index (χ3n) is 1.67. The topological polar surface area (TPSA) is 26.0 Å². The van der Waals surface area contributed by atoms with Crippen LogP contribution >= 0.6 is 11.3 Å². The van der Waals surface area contributed by atoms with Gasteiger partial charge in [-0.15, -0.1) is 11.3 Å². The van der Waals surface area contributed by atoms with E-state index in [0.29, 0.717) is 10.8 Å². The van der Waals surface area contributed by atoms with Crippen molar-refractivity contribution >= 4 is 11.3 Å². The first-order valence-corrected chi connectivity index (χ1v) is 4.49. The van der Waals surface area contributed by atoms with Gasteiger partial charge in [-0.2, -0.15) is 0 Å². The fourth-order valence-corrected chi connectivity index (χ4v) is 1.79. The van der Waals surface area contributed by atoms with E-state index < -0.39 is 0 Å². The first-order valence-electron chi connectivity index (χ1n) is 3.61. The van der Waals surface area contributed by atoms with Crippen molar-refractivity contribution in [3.05, 3.63) is 22.1 Å². The maximum atomic E-state index is 12.9. The summed E-state index contributed by atoms with van der Waals surface area (Å²) in [4.78, 5) is 0.667. The van der Waals surface area contributed by atoms with E-state index in [1.165, 1.54) is 17.4 Å². The van der Waals surface area contributed by atoms with Gasteiger partial charge in [0.25, 0.3) is 0 Å². The van der Waals surface area contributed by atoms with Gasteiger partial charge in [0.2, 0.25) is 0 Å². The van der Waals surface area contributed by atoms with E-state index in [4.69, 9.17) is 5.73 Å². The Morgan fingerprint density at radius 2 is 2.18 bits per heavy atom. The molecule has 0 aliphatic heterocycles. The van der Waals surface area contributed by atoms with E-state index in [1.807, 2.05) is 13.8 Å². The monoisotopic (exact) mass is 173 g/mol. The van der Waals surface area contributed by atoms with E-state index in [2.05, 4.69) is 0 Å². The zero-order valence-electron chi connectivity index (χ0n) is 6.67. The van der Waals surface area contributed by atoms with Gasteiger partial charge in [-0.3, -0.25) is 0 Å². The van der Waals surface area contributed by atoms with Gasteiger partial charge in [-0.05, 0) is 17.4 Å². The summed E-state index contributed by atoms with van der Waals surface area (Å²) >= 11 is 1.39. The zero-order valence-corrected chi connectivity index (χ0v) is 7.49. The Bertz CT molecular complexity index is 232. The van der Waals surface area contributed by atoms with Gasteiger partial charge in [0.05, 0.1) is 4.88 Å². The predicted molar refractivity (Wildman–Crippen MR) is 46.0 cm³/mol. The van der Waals surface area contributed by atoms with Crippen LogP contribution < -0.4 is 5.73 Å². The molecule has 0 unspecified atom stereocenters. The first-order chi connectivity index (χ1) is 5.13. The summed E-state index contributed by atoms with van der Waals surface area (Å²) in [5.74, 6) is 0.124. The number of nitrogens with two attached hydrogens (primary N) is 1. The molecule has 0 spiro atoms. The lowest BCUT2D eigenvalue weighted by atomic mass is 10.0. The highest BCUT2D eigenvalue weighted by molar-refractivity contribution is 7.10. The van der Waals surface area contributed by atoms with Gasteiger partial charge in [0.15, 0.2) is 0 Å². The normalized spacial score (nSPS) is 13.9. The van der Waals surface area contributed by atoms with Gasteiger partial charge in [-0.25, -0.2) is 4.39 Å². The Morgan fingerprint density at radius 1 is 1.55 bits per heavy atom. The molecule has 0 saturated heterocycles. The molecule has 11 heavy (non-hydrogen) atoms. The molecule has 1 atom stereocenters. The SMILES string of the molecule is CC(C)[C@@H](N)c1sccc1F. The van der Waals surface area contributed by atoms with Crippen LogP contribution in [0, 0.1) is 11.7 Å². The molecule has 1 heterocycles.